The standard InChI is InChI=1S/C18H25N/c1-13-2-4-16(5-3-13)18-9-14-6-15(10-18)8-17(7-14,11-18)12-19/h2-5,14-15H,6-12,19H2,1H3/p+1/t14-,15+,17?,18?. The number of rotatable bonds is 2. The van der Waals surface area contributed by atoms with Crippen LogP contribution in [0, 0.1) is 24.2 Å². The van der Waals surface area contributed by atoms with E-state index < -0.39 is 0 Å². The maximum Gasteiger partial charge on any atom is 0.0797 e. The van der Waals surface area contributed by atoms with Crippen molar-refractivity contribution >= 4 is 0 Å². The number of quaternary nitrogens is 1. The van der Waals surface area contributed by atoms with Gasteiger partial charge in [-0.2, -0.15) is 0 Å². The Hall–Kier alpha value is -0.820. The molecular weight excluding hydrogens is 230 g/mol. The third-order valence-electron chi connectivity index (χ3n) is 6.38. The summed E-state index contributed by atoms with van der Waals surface area (Å²) in [5.74, 6) is 1.98. The highest BCUT2D eigenvalue weighted by Gasteiger charge is 2.58. The first-order chi connectivity index (χ1) is 9.13. The molecule has 4 saturated carbocycles. The van der Waals surface area contributed by atoms with E-state index in [-0.39, 0.29) is 0 Å². The van der Waals surface area contributed by atoms with E-state index in [1.165, 1.54) is 44.1 Å². The largest absolute Gasteiger partial charge is 0.357 e. The Labute approximate surface area is 116 Å². The Kier molecular flexibility index (Phi) is 2.42. The molecule has 0 saturated heterocycles. The van der Waals surface area contributed by atoms with Crippen molar-refractivity contribution < 1.29 is 5.73 Å². The Morgan fingerprint density at radius 2 is 1.68 bits per heavy atom. The Morgan fingerprint density at radius 3 is 2.26 bits per heavy atom. The van der Waals surface area contributed by atoms with Gasteiger partial charge >= 0.3 is 0 Å². The zero-order chi connectivity index (χ0) is 13.1. The van der Waals surface area contributed by atoms with Crippen molar-refractivity contribution in [2.75, 3.05) is 6.54 Å². The molecule has 1 aromatic rings. The van der Waals surface area contributed by atoms with Crippen LogP contribution in [0.25, 0.3) is 0 Å². The maximum absolute atomic E-state index is 4.31. The molecule has 0 amide bonds. The van der Waals surface area contributed by atoms with Crippen LogP contribution in [0.1, 0.15) is 49.7 Å². The first-order valence-corrected chi connectivity index (χ1v) is 8.00. The van der Waals surface area contributed by atoms with E-state index in [1.807, 2.05) is 0 Å². The van der Waals surface area contributed by atoms with Crippen molar-refractivity contribution in [3.05, 3.63) is 35.4 Å². The van der Waals surface area contributed by atoms with E-state index in [0.717, 1.165) is 18.4 Å². The zero-order valence-electron chi connectivity index (χ0n) is 12.1. The van der Waals surface area contributed by atoms with Crippen LogP contribution in [-0.2, 0) is 5.41 Å². The lowest BCUT2D eigenvalue weighted by Crippen LogP contribution is -2.65. The Balaban J connectivity index is 1.76. The summed E-state index contributed by atoms with van der Waals surface area (Å²) in [7, 11) is 0. The van der Waals surface area contributed by atoms with Crippen LogP contribution in [0.3, 0.4) is 0 Å². The molecule has 0 spiro atoms. The molecule has 0 heterocycles. The molecule has 4 bridgehead atoms. The number of hydrogen-bond donors (Lipinski definition) is 1. The highest BCUT2D eigenvalue weighted by molar-refractivity contribution is 5.32. The van der Waals surface area contributed by atoms with E-state index in [1.54, 1.807) is 5.56 Å². The van der Waals surface area contributed by atoms with Gasteiger partial charge < -0.3 is 5.73 Å². The molecule has 102 valence electrons. The van der Waals surface area contributed by atoms with Gasteiger partial charge in [0.1, 0.15) is 0 Å². The van der Waals surface area contributed by atoms with Crippen LogP contribution in [0.5, 0.6) is 0 Å². The fourth-order valence-electron chi connectivity index (χ4n) is 5.99. The second-order valence-corrected chi connectivity index (χ2v) is 7.86. The SMILES string of the molecule is Cc1ccc(C23C[C@@H]4C[C@@H](CC(C[NH3+])(C4)C2)C3)cc1. The molecule has 1 heteroatoms. The summed E-state index contributed by atoms with van der Waals surface area (Å²) in [6, 6.07) is 9.45. The number of aryl methyl sites for hydroxylation is 1. The van der Waals surface area contributed by atoms with Crippen LogP contribution in [0.2, 0.25) is 0 Å². The molecule has 4 aliphatic carbocycles. The van der Waals surface area contributed by atoms with E-state index in [2.05, 4.69) is 36.9 Å². The fraction of sp³-hybridized carbons (Fsp3) is 0.667. The van der Waals surface area contributed by atoms with Crippen molar-refractivity contribution in [3.8, 4) is 0 Å². The topological polar surface area (TPSA) is 27.6 Å². The van der Waals surface area contributed by atoms with Gasteiger partial charge in [-0.05, 0) is 68.3 Å². The van der Waals surface area contributed by atoms with Crippen molar-refractivity contribution in [2.24, 2.45) is 17.3 Å². The summed E-state index contributed by atoms with van der Waals surface area (Å²) in [5, 5.41) is 0. The van der Waals surface area contributed by atoms with Crippen LogP contribution in [0.4, 0.5) is 0 Å². The number of benzene rings is 1. The third kappa shape index (κ3) is 1.71. The first-order valence-electron chi connectivity index (χ1n) is 8.00. The molecule has 19 heavy (non-hydrogen) atoms. The molecule has 5 rings (SSSR count). The van der Waals surface area contributed by atoms with Gasteiger partial charge in [0.25, 0.3) is 0 Å². The molecule has 4 atom stereocenters. The lowest BCUT2D eigenvalue weighted by atomic mass is 9.43. The normalized spacial score (nSPS) is 43.7. The van der Waals surface area contributed by atoms with E-state index in [0.29, 0.717) is 10.8 Å². The van der Waals surface area contributed by atoms with Crippen molar-refractivity contribution in [1.82, 2.24) is 0 Å². The van der Waals surface area contributed by atoms with Gasteiger partial charge in [-0.25, -0.2) is 0 Å². The second-order valence-electron chi connectivity index (χ2n) is 7.86. The summed E-state index contributed by atoms with van der Waals surface area (Å²) in [4.78, 5) is 0. The fourth-order valence-corrected chi connectivity index (χ4v) is 5.99. The summed E-state index contributed by atoms with van der Waals surface area (Å²) in [5.41, 5.74) is 8.44. The zero-order valence-corrected chi connectivity index (χ0v) is 12.1. The van der Waals surface area contributed by atoms with Gasteiger partial charge in [-0.15, -0.1) is 0 Å². The minimum atomic E-state index is 0.509. The summed E-state index contributed by atoms with van der Waals surface area (Å²) >= 11 is 0. The van der Waals surface area contributed by atoms with Gasteiger partial charge in [0.2, 0.25) is 0 Å². The van der Waals surface area contributed by atoms with Gasteiger partial charge in [-0.3, -0.25) is 0 Å². The maximum atomic E-state index is 4.31. The smallest absolute Gasteiger partial charge is 0.0797 e. The minimum absolute atomic E-state index is 0.509. The van der Waals surface area contributed by atoms with Crippen LogP contribution < -0.4 is 5.73 Å². The minimum Gasteiger partial charge on any atom is -0.357 e. The van der Waals surface area contributed by atoms with Crippen LogP contribution in [0.15, 0.2) is 24.3 Å². The Bertz CT molecular complexity index is 473. The highest BCUT2D eigenvalue weighted by Crippen LogP contribution is 2.65. The lowest BCUT2D eigenvalue weighted by molar-refractivity contribution is -0.403. The van der Waals surface area contributed by atoms with Gasteiger partial charge in [0.15, 0.2) is 0 Å². The molecule has 0 aromatic heterocycles. The highest BCUT2D eigenvalue weighted by atomic mass is 14.7. The molecular formula is C18H26N+. The van der Waals surface area contributed by atoms with E-state index in [4.69, 9.17) is 0 Å². The molecule has 0 radical (unpaired) electrons. The third-order valence-corrected chi connectivity index (χ3v) is 6.38. The monoisotopic (exact) mass is 256 g/mol. The number of hydrogen-bond acceptors (Lipinski definition) is 0. The van der Waals surface area contributed by atoms with Gasteiger partial charge in [-0.1, -0.05) is 29.8 Å². The van der Waals surface area contributed by atoms with Crippen molar-refractivity contribution in [1.29, 1.82) is 0 Å². The summed E-state index contributed by atoms with van der Waals surface area (Å²) in [6.07, 6.45) is 8.78. The molecule has 3 N–H and O–H groups in total. The summed E-state index contributed by atoms with van der Waals surface area (Å²) < 4.78 is 0. The molecule has 4 fully saturated rings. The van der Waals surface area contributed by atoms with E-state index in [9.17, 15) is 0 Å². The average Bonchev–Trinajstić information content (AvgIpc) is 2.38. The molecule has 4 aliphatic rings. The second kappa shape index (κ2) is 3.85. The Morgan fingerprint density at radius 1 is 1.05 bits per heavy atom. The van der Waals surface area contributed by atoms with Crippen molar-refractivity contribution in [2.45, 2.75) is 50.9 Å². The quantitative estimate of drug-likeness (QED) is 0.842. The first kappa shape index (κ1) is 12.0. The van der Waals surface area contributed by atoms with Crippen LogP contribution >= 0.6 is 0 Å². The average molecular weight is 256 g/mol. The molecule has 1 aromatic carbocycles. The van der Waals surface area contributed by atoms with Crippen LogP contribution in [-0.4, -0.2) is 6.54 Å². The summed E-state index contributed by atoms with van der Waals surface area (Å²) in [6.45, 7) is 3.36. The van der Waals surface area contributed by atoms with Gasteiger partial charge in [0, 0.05) is 5.41 Å². The van der Waals surface area contributed by atoms with Gasteiger partial charge in [0.05, 0.1) is 6.54 Å². The predicted molar refractivity (Wildman–Crippen MR) is 77.7 cm³/mol. The molecule has 1 nitrogen and oxygen atoms in total. The van der Waals surface area contributed by atoms with Crippen molar-refractivity contribution in [3.63, 3.8) is 0 Å². The predicted octanol–water partition coefficient (Wildman–Crippen LogP) is 3.07. The lowest BCUT2D eigenvalue weighted by Gasteiger charge is -2.61. The van der Waals surface area contributed by atoms with E-state index >= 15 is 0 Å². The molecule has 0 aliphatic heterocycles. The molecule has 2 unspecified atom stereocenters.